The molecule has 0 aliphatic rings. The average Bonchev–Trinajstić information content (AvgIpc) is 2.72. The highest BCUT2D eigenvalue weighted by atomic mass is 19.1. The highest BCUT2D eigenvalue weighted by Crippen LogP contribution is 2.23. The first-order valence-corrected chi connectivity index (χ1v) is 6.94. The molecule has 2 N–H and O–H groups in total. The van der Waals surface area contributed by atoms with Gasteiger partial charge in [-0.1, -0.05) is 20.8 Å². The van der Waals surface area contributed by atoms with Crippen LogP contribution in [-0.2, 0) is 6.54 Å². The van der Waals surface area contributed by atoms with Crippen LogP contribution in [0.15, 0.2) is 18.2 Å². The molecule has 0 saturated heterocycles. The number of rotatable bonds is 5. The molecule has 19 heavy (non-hydrogen) atoms. The second-order valence-electron chi connectivity index (χ2n) is 5.45. The smallest absolute Gasteiger partial charge is 0.126 e. The Morgan fingerprint density at radius 1 is 1.37 bits per heavy atom. The second kappa shape index (κ2) is 5.70. The zero-order valence-corrected chi connectivity index (χ0v) is 11.9. The number of nitrogens with zero attached hydrogens (tertiary/aromatic N) is 2. The van der Waals surface area contributed by atoms with Crippen LogP contribution >= 0.6 is 0 Å². The van der Waals surface area contributed by atoms with Gasteiger partial charge in [0.15, 0.2) is 0 Å². The number of aryl methyl sites for hydroxylation is 1. The van der Waals surface area contributed by atoms with Crippen LogP contribution in [0.25, 0.3) is 11.0 Å². The van der Waals surface area contributed by atoms with E-state index >= 15 is 0 Å². The van der Waals surface area contributed by atoms with Gasteiger partial charge >= 0.3 is 0 Å². The van der Waals surface area contributed by atoms with E-state index in [9.17, 15) is 4.39 Å². The van der Waals surface area contributed by atoms with Crippen molar-refractivity contribution in [2.75, 3.05) is 0 Å². The summed E-state index contributed by atoms with van der Waals surface area (Å²) in [5, 5.41) is 0. The summed E-state index contributed by atoms with van der Waals surface area (Å²) >= 11 is 0. The van der Waals surface area contributed by atoms with Crippen LogP contribution in [0, 0.1) is 11.7 Å². The Morgan fingerprint density at radius 3 is 2.74 bits per heavy atom. The van der Waals surface area contributed by atoms with Gasteiger partial charge in [-0.15, -0.1) is 0 Å². The number of halogens is 1. The van der Waals surface area contributed by atoms with E-state index < -0.39 is 0 Å². The molecule has 0 spiro atoms. The number of fused-ring (bicyclic) bond motifs is 1. The zero-order chi connectivity index (χ0) is 14.0. The molecule has 0 saturated carbocycles. The van der Waals surface area contributed by atoms with Crippen LogP contribution in [-0.4, -0.2) is 9.55 Å². The highest BCUT2D eigenvalue weighted by molar-refractivity contribution is 5.76. The fraction of sp³-hybridized carbons (Fsp3) is 0.533. The SMILES string of the molecule is CCC(N)c1nc2cc(F)ccc2n1CCC(C)C. The molecule has 0 fully saturated rings. The van der Waals surface area contributed by atoms with E-state index in [-0.39, 0.29) is 11.9 Å². The number of hydrogen-bond acceptors (Lipinski definition) is 2. The van der Waals surface area contributed by atoms with Gasteiger partial charge in [0.2, 0.25) is 0 Å². The lowest BCUT2D eigenvalue weighted by Gasteiger charge is -2.14. The van der Waals surface area contributed by atoms with Crippen molar-refractivity contribution in [2.24, 2.45) is 11.7 Å². The maximum absolute atomic E-state index is 13.3. The van der Waals surface area contributed by atoms with Crippen molar-refractivity contribution in [3.05, 3.63) is 29.8 Å². The number of aromatic nitrogens is 2. The Labute approximate surface area is 113 Å². The van der Waals surface area contributed by atoms with Crippen molar-refractivity contribution in [1.29, 1.82) is 0 Å². The minimum atomic E-state index is -0.252. The lowest BCUT2D eigenvalue weighted by Crippen LogP contribution is -2.16. The van der Waals surface area contributed by atoms with Crippen LogP contribution in [0.4, 0.5) is 4.39 Å². The molecule has 0 bridgehead atoms. The van der Waals surface area contributed by atoms with E-state index in [0.29, 0.717) is 11.4 Å². The van der Waals surface area contributed by atoms with E-state index in [2.05, 4.69) is 23.4 Å². The molecule has 0 aliphatic heterocycles. The molecule has 0 radical (unpaired) electrons. The fourth-order valence-corrected chi connectivity index (χ4v) is 2.21. The Balaban J connectivity index is 2.48. The van der Waals surface area contributed by atoms with Gasteiger partial charge in [-0.3, -0.25) is 0 Å². The standard InChI is InChI=1S/C15H22FN3/c1-4-12(17)15-18-13-9-11(16)5-6-14(13)19(15)8-7-10(2)3/h5-6,9-10,12H,4,7-8,17H2,1-3H3. The molecule has 0 aliphatic carbocycles. The third-order valence-corrected chi connectivity index (χ3v) is 3.44. The van der Waals surface area contributed by atoms with Gasteiger partial charge in [0, 0.05) is 12.6 Å². The van der Waals surface area contributed by atoms with Crippen LogP contribution < -0.4 is 5.73 Å². The van der Waals surface area contributed by atoms with Crippen molar-refractivity contribution >= 4 is 11.0 Å². The van der Waals surface area contributed by atoms with Crippen LogP contribution in [0.2, 0.25) is 0 Å². The first-order valence-electron chi connectivity index (χ1n) is 6.94. The van der Waals surface area contributed by atoms with Crippen LogP contribution in [0.1, 0.15) is 45.5 Å². The molecule has 104 valence electrons. The summed E-state index contributed by atoms with van der Waals surface area (Å²) in [6.07, 6.45) is 1.89. The predicted molar refractivity (Wildman–Crippen MR) is 76.4 cm³/mol. The van der Waals surface area contributed by atoms with Gasteiger partial charge in [-0.05, 0) is 30.9 Å². The third kappa shape index (κ3) is 2.95. The molecule has 2 aromatic rings. The van der Waals surface area contributed by atoms with E-state index in [1.54, 1.807) is 6.07 Å². The van der Waals surface area contributed by atoms with Gasteiger partial charge in [0.1, 0.15) is 11.6 Å². The Morgan fingerprint density at radius 2 is 2.11 bits per heavy atom. The molecule has 3 nitrogen and oxygen atoms in total. The minimum absolute atomic E-state index is 0.0948. The predicted octanol–water partition coefficient (Wildman–Crippen LogP) is 3.63. The van der Waals surface area contributed by atoms with Gasteiger partial charge < -0.3 is 10.3 Å². The summed E-state index contributed by atoms with van der Waals surface area (Å²) in [7, 11) is 0. The van der Waals surface area contributed by atoms with E-state index in [1.807, 2.05) is 6.92 Å². The molecule has 1 unspecified atom stereocenters. The number of benzene rings is 1. The van der Waals surface area contributed by atoms with Crippen molar-refractivity contribution < 1.29 is 4.39 Å². The van der Waals surface area contributed by atoms with Gasteiger partial charge in [-0.25, -0.2) is 9.37 Å². The molecule has 1 aromatic carbocycles. The molecule has 4 heteroatoms. The molecular weight excluding hydrogens is 241 g/mol. The lowest BCUT2D eigenvalue weighted by atomic mass is 10.1. The summed E-state index contributed by atoms with van der Waals surface area (Å²) < 4.78 is 15.4. The zero-order valence-electron chi connectivity index (χ0n) is 11.9. The van der Waals surface area contributed by atoms with Crippen LogP contribution in [0.5, 0.6) is 0 Å². The van der Waals surface area contributed by atoms with Crippen LogP contribution in [0.3, 0.4) is 0 Å². The number of imidazole rings is 1. The molecule has 0 amide bonds. The quantitative estimate of drug-likeness (QED) is 0.895. The largest absolute Gasteiger partial charge is 0.327 e. The van der Waals surface area contributed by atoms with Gasteiger partial charge in [0.05, 0.1) is 17.1 Å². The molecule has 1 aromatic heterocycles. The molecular formula is C15H22FN3. The third-order valence-electron chi connectivity index (χ3n) is 3.44. The monoisotopic (exact) mass is 263 g/mol. The Hall–Kier alpha value is -1.42. The summed E-state index contributed by atoms with van der Waals surface area (Å²) in [5.41, 5.74) is 7.80. The molecule has 1 heterocycles. The maximum atomic E-state index is 13.3. The van der Waals surface area contributed by atoms with Crippen molar-refractivity contribution in [1.82, 2.24) is 9.55 Å². The Kier molecular flexibility index (Phi) is 4.20. The summed E-state index contributed by atoms with van der Waals surface area (Å²) in [6, 6.07) is 4.66. The topological polar surface area (TPSA) is 43.8 Å². The van der Waals surface area contributed by atoms with E-state index in [4.69, 9.17) is 5.73 Å². The van der Waals surface area contributed by atoms with E-state index in [1.165, 1.54) is 12.1 Å². The van der Waals surface area contributed by atoms with E-state index in [0.717, 1.165) is 30.7 Å². The first-order chi connectivity index (χ1) is 9.02. The first kappa shape index (κ1) is 14.0. The van der Waals surface area contributed by atoms with Crippen molar-refractivity contribution in [3.8, 4) is 0 Å². The van der Waals surface area contributed by atoms with Crippen molar-refractivity contribution in [3.63, 3.8) is 0 Å². The highest BCUT2D eigenvalue weighted by Gasteiger charge is 2.16. The maximum Gasteiger partial charge on any atom is 0.126 e. The summed E-state index contributed by atoms with van der Waals surface area (Å²) in [5.74, 6) is 1.23. The van der Waals surface area contributed by atoms with Gasteiger partial charge in [-0.2, -0.15) is 0 Å². The Bertz CT molecular complexity index is 560. The minimum Gasteiger partial charge on any atom is -0.327 e. The molecule has 2 rings (SSSR count). The fourth-order valence-electron chi connectivity index (χ4n) is 2.21. The van der Waals surface area contributed by atoms with Crippen molar-refractivity contribution in [2.45, 2.75) is 46.2 Å². The normalized spacial score (nSPS) is 13.4. The van der Waals surface area contributed by atoms with Gasteiger partial charge in [0.25, 0.3) is 0 Å². The average molecular weight is 263 g/mol. The number of nitrogens with two attached hydrogens (primary N) is 1. The molecule has 1 atom stereocenters. The summed E-state index contributed by atoms with van der Waals surface area (Å²) in [4.78, 5) is 4.52. The lowest BCUT2D eigenvalue weighted by molar-refractivity contribution is 0.496. The number of hydrogen-bond donors (Lipinski definition) is 1. The second-order valence-corrected chi connectivity index (χ2v) is 5.45. The summed E-state index contributed by atoms with van der Waals surface area (Å²) in [6.45, 7) is 7.30.